The number of carbonyl (C=O) groups excluding carboxylic acids is 2. The first-order chi connectivity index (χ1) is 16.4. The van der Waals surface area contributed by atoms with Gasteiger partial charge in [0, 0.05) is 31.4 Å². The first-order valence-corrected chi connectivity index (χ1v) is 13.2. The van der Waals surface area contributed by atoms with Gasteiger partial charge in [-0.25, -0.2) is 4.98 Å². The number of aromatic amines is 1. The molecule has 0 aromatic carbocycles. The summed E-state index contributed by atoms with van der Waals surface area (Å²) in [6.45, 7) is 10.7. The van der Waals surface area contributed by atoms with E-state index in [-0.39, 0.29) is 25.7 Å². The average molecular weight is 481 g/mol. The van der Waals surface area contributed by atoms with E-state index in [1.54, 1.807) is 12.5 Å². The van der Waals surface area contributed by atoms with Gasteiger partial charge in [0.15, 0.2) is 0 Å². The van der Waals surface area contributed by atoms with Crippen molar-refractivity contribution in [3.8, 4) is 0 Å². The molecule has 0 aliphatic heterocycles. The number of hydrogen-bond donors (Lipinski definition) is 2. The van der Waals surface area contributed by atoms with Crippen LogP contribution in [0.2, 0.25) is 0 Å². The Morgan fingerprint density at radius 3 is 2.15 bits per heavy atom. The summed E-state index contributed by atoms with van der Waals surface area (Å²) in [6.07, 6.45) is 12.7. The summed E-state index contributed by atoms with van der Waals surface area (Å²) in [5.41, 5.74) is 6.65. The fourth-order valence-electron chi connectivity index (χ4n) is 4.01. The van der Waals surface area contributed by atoms with E-state index in [1.807, 2.05) is 4.90 Å². The Bertz CT molecular complexity index is 635. The van der Waals surface area contributed by atoms with Gasteiger partial charge in [-0.1, -0.05) is 66.2 Å². The van der Waals surface area contributed by atoms with Gasteiger partial charge in [0.25, 0.3) is 0 Å². The zero-order valence-corrected chi connectivity index (χ0v) is 21.9. The van der Waals surface area contributed by atoms with E-state index >= 15 is 0 Å². The van der Waals surface area contributed by atoms with Crippen LogP contribution in [0.3, 0.4) is 0 Å². The number of rotatable bonds is 20. The summed E-state index contributed by atoms with van der Waals surface area (Å²) in [5.74, 6) is 0.566. The van der Waals surface area contributed by atoms with E-state index < -0.39 is 12.0 Å². The number of nitrogens with one attached hydrogen (secondary N) is 1. The number of unbranched alkanes of at least 4 members (excludes halogenated alkanes) is 2. The van der Waals surface area contributed by atoms with Gasteiger partial charge < -0.3 is 25.1 Å². The molecule has 1 aromatic rings. The van der Waals surface area contributed by atoms with Crippen molar-refractivity contribution in [1.29, 1.82) is 0 Å². The molecule has 1 heterocycles. The minimum Gasteiger partial charge on any atom is -0.462 e. The topological polar surface area (TPSA) is 111 Å². The molecule has 1 rings (SSSR count). The number of H-pyrrole nitrogens is 1. The van der Waals surface area contributed by atoms with Crippen molar-refractivity contribution in [1.82, 2.24) is 14.9 Å². The lowest BCUT2D eigenvalue weighted by molar-refractivity contribution is -0.147. The minimum atomic E-state index is -0.763. The number of nitrogens with zero attached hydrogens (tertiary/aromatic N) is 2. The number of hydrogen-bond acceptors (Lipinski definition) is 6. The fraction of sp³-hybridized carbons (Fsp3) is 0.808. The van der Waals surface area contributed by atoms with Crippen LogP contribution < -0.4 is 5.73 Å². The van der Waals surface area contributed by atoms with Gasteiger partial charge in [0.05, 0.1) is 12.9 Å². The Morgan fingerprint density at radius 2 is 1.65 bits per heavy atom. The molecule has 3 atom stereocenters. The molecule has 34 heavy (non-hydrogen) atoms. The molecule has 0 aliphatic rings. The molecule has 0 aliphatic carbocycles. The van der Waals surface area contributed by atoms with Crippen LogP contribution in [-0.4, -0.2) is 65.7 Å². The maximum Gasteiger partial charge on any atom is 0.323 e. The van der Waals surface area contributed by atoms with Crippen molar-refractivity contribution in [2.45, 2.75) is 91.5 Å². The molecule has 0 spiro atoms. The zero-order valence-electron chi connectivity index (χ0n) is 21.9. The van der Waals surface area contributed by atoms with Gasteiger partial charge >= 0.3 is 5.97 Å². The Balaban J connectivity index is 2.49. The average Bonchev–Trinajstić information content (AvgIpc) is 3.35. The predicted molar refractivity (Wildman–Crippen MR) is 135 cm³/mol. The maximum absolute atomic E-state index is 13.0. The summed E-state index contributed by atoms with van der Waals surface area (Å²) in [6, 6.07) is -0.763. The highest BCUT2D eigenvalue weighted by Gasteiger charge is 2.22. The Labute approximate surface area is 206 Å². The number of aromatic nitrogens is 2. The Morgan fingerprint density at radius 1 is 1.03 bits per heavy atom. The van der Waals surface area contributed by atoms with Crippen molar-refractivity contribution in [3.05, 3.63) is 18.2 Å². The van der Waals surface area contributed by atoms with E-state index in [2.05, 4.69) is 37.7 Å². The monoisotopic (exact) mass is 480 g/mol. The molecular formula is C26H48N4O4. The normalized spacial score (nSPS) is 13.9. The van der Waals surface area contributed by atoms with E-state index in [0.717, 1.165) is 44.5 Å². The third kappa shape index (κ3) is 12.5. The second-order valence-corrected chi connectivity index (χ2v) is 9.24. The lowest BCUT2D eigenvalue weighted by atomic mass is 9.95. The van der Waals surface area contributed by atoms with Gasteiger partial charge in [-0.05, 0) is 24.7 Å². The van der Waals surface area contributed by atoms with E-state index in [9.17, 15) is 9.59 Å². The standard InChI is InChI=1S/C26H48N4O4/c1-5-9-11-21(7-3)17-30(18-22(8-4)12-10-6-2)25(31)19-33-13-14-34-26(32)24(27)15-23-16-28-20-29-23/h16,20-22,24H,5-15,17-19,27H2,1-4H3,(H,28,29). The molecule has 0 saturated carbocycles. The van der Waals surface area contributed by atoms with Crippen molar-refractivity contribution in [3.63, 3.8) is 0 Å². The fourth-order valence-corrected chi connectivity index (χ4v) is 4.01. The lowest BCUT2D eigenvalue weighted by Gasteiger charge is -2.30. The number of esters is 1. The zero-order chi connectivity index (χ0) is 25.2. The van der Waals surface area contributed by atoms with Gasteiger partial charge in [-0.15, -0.1) is 0 Å². The first kappa shape index (κ1) is 30.1. The van der Waals surface area contributed by atoms with Crippen LogP contribution in [0, 0.1) is 11.8 Å². The Kier molecular flexibility index (Phi) is 16.3. The maximum atomic E-state index is 13.0. The molecule has 1 aromatic heterocycles. The molecule has 8 nitrogen and oxygen atoms in total. The lowest BCUT2D eigenvalue weighted by Crippen LogP contribution is -2.41. The molecule has 196 valence electrons. The summed E-state index contributed by atoms with van der Waals surface area (Å²) in [5, 5.41) is 0. The third-order valence-electron chi connectivity index (χ3n) is 6.39. The number of imidazole rings is 1. The van der Waals surface area contributed by atoms with Crippen molar-refractivity contribution in [2.75, 3.05) is 32.9 Å². The number of nitrogens with two attached hydrogens (primary N) is 1. The van der Waals surface area contributed by atoms with E-state index in [1.165, 1.54) is 25.7 Å². The highest BCUT2D eigenvalue weighted by molar-refractivity contribution is 5.77. The largest absolute Gasteiger partial charge is 0.462 e. The molecule has 0 fully saturated rings. The molecule has 3 unspecified atom stereocenters. The first-order valence-electron chi connectivity index (χ1n) is 13.2. The van der Waals surface area contributed by atoms with Crippen LogP contribution >= 0.6 is 0 Å². The highest BCUT2D eigenvalue weighted by atomic mass is 16.6. The summed E-state index contributed by atoms with van der Waals surface area (Å²) >= 11 is 0. The molecular weight excluding hydrogens is 432 g/mol. The quantitative estimate of drug-likeness (QED) is 0.215. The smallest absolute Gasteiger partial charge is 0.323 e. The van der Waals surface area contributed by atoms with Gasteiger partial charge in [-0.2, -0.15) is 0 Å². The molecule has 8 heteroatoms. The number of amides is 1. The summed E-state index contributed by atoms with van der Waals surface area (Å²) in [4.78, 5) is 33.9. The predicted octanol–water partition coefficient (Wildman–Crippen LogP) is 4.10. The van der Waals surface area contributed by atoms with Crippen molar-refractivity contribution in [2.24, 2.45) is 17.6 Å². The van der Waals surface area contributed by atoms with E-state index in [4.69, 9.17) is 15.2 Å². The summed E-state index contributed by atoms with van der Waals surface area (Å²) < 4.78 is 10.8. The van der Waals surface area contributed by atoms with E-state index in [0.29, 0.717) is 18.3 Å². The molecule has 1 amide bonds. The van der Waals surface area contributed by atoms with Crippen molar-refractivity contribution < 1.29 is 19.1 Å². The van der Waals surface area contributed by atoms with Gasteiger partial charge in [-0.3, -0.25) is 9.59 Å². The van der Waals surface area contributed by atoms with Gasteiger partial charge in [0.1, 0.15) is 19.3 Å². The van der Waals surface area contributed by atoms with Crippen molar-refractivity contribution >= 4 is 11.9 Å². The highest BCUT2D eigenvalue weighted by Crippen LogP contribution is 2.19. The second-order valence-electron chi connectivity index (χ2n) is 9.24. The number of carbonyl (C=O) groups is 2. The minimum absolute atomic E-state index is 0.00612. The molecule has 0 radical (unpaired) electrons. The molecule has 0 bridgehead atoms. The Hall–Kier alpha value is -1.93. The molecule has 3 N–H and O–H groups in total. The van der Waals surface area contributed by atoms with Crippen LogP contribution in [0.1, 0.15) is 84.8 Å². The van der Waals surface area contributed by atoms with Crippen LogP contribution in [0.15, 0.2) is 12.5 Å². The van der Waals surface area contributed by atoms with Crippen LogP contribution in [0.5, 0.6) is 0 Å². The van der Waals surface area contributed by atoms with Crippen LogP contribution in [-0.2, 0) is 25.5 Å². The molecule has 0 saturated heterocycles. The number of ether oxygens (including phenoxy) is 2. The second kappa shape index (κ2) is 18.4. The third-order valence-corrected chi connectivity index (χ3v) is 6.39. The van der Waals surface area contributed by atoms with Gasteiger partial charge in [0.2, 0.25) is 5.91 Å². The van der Waals surface area contributed by atoms with Crippen LogP contribution in [0.25, 0.3) is 0 Å². The van der Waals surface area contributed by atoms with Crippen LogP contribution in [0.4, 0.5) is 0 Å². The SMILES string of the molecule is CCCCC(CC)CN(CC(CC)CCCC)C(=O)COCCOC(=O)C(N)Cc1cnc[nH]1. The summed E-state index contributed by atoms with van der Waals surface area (Å²) in [7, 11) is 0.